The van der Waals surface area contributed by atoms with Gasteiger partial charge in [-0.15, -0.1) is 13.2 Å². The summed E-state index contributed by atoms with van der Waals surface area (Å²) in [5, 5.41) is 13.6. The fraction of sp³-hybridized carbons (Fsp3) is 0.485. The number of rotatable bonds is 6. The SMILES string of the molecule is CC[C@@H]1NCCN2c3nc(OC[C@@]45CCCN4C[C@H](F)C5)nc4c(F)c(-c5cc(O)cc6ccc(F)c(OC(F)(F)F)c56)nc(c34)OC[C@H]12. The van der Waals surface area contributed by atoms with Crippen molar-refractivity contribution in [2.75, 3.05) is 44.3 Å². The second kappa shape index (κ2) is 11.6. The zero-order chi connectivity index (χ0) is 34.2. The van der Waals surface area contributed by atoms with Gasteiger partial charge in [-0.25, -0.2) is 18.2 Å². The minimum atomic E-state index is -5.29. The molecule has 0 saturated carbocycles. The Morgan fingerprint density at radius 1 is 1.12 bits per heavy atom. The number of aromatic hydroxyl groups is 1. The molecule has 3 saturated heterocycles. The molecule has 10 nitrogen and oxygen atoms in total. The maximum Gasteiger partial charge on any atom is 0.573 e. The number of piperazine rings is 1. The third kappa shape index (κ3) is 5.39. The number of ether oxygens (including phenoxy) is 3. The molecule has 8 rings (SSSR count). The first-order valence-electron chi connectivity index (χ1n) is 16.2. The normalized spacial score (nSPS) is 25.3. The summed E-state index contributed by atoms with van der Waals surface area (Å²) in [4.78, 5) is 17.7. The maximum absolute atomic E-state index is 17.0. The Balaban J connectivity index is 1.33. The molecule has 6 heterocycles. The van der Waals surface area contributed by atoms with E-state index in [-0.39, 0.29) is 65.5 Å². The van der Waals surface area contributed by atoms with Crippen molar-refractivity contribution < 1.29 is 45.7 Å². The zero-order valence-electron chi connectivity index (χ0n) is 26.3. The average Bonchev–Trinajstić information content (AvgIpc) is 3.53. The molecular weight excluding hydrogens is 658 g/mol. The van der Waals surface area contributed by atoms with Crippen LogP contribution in [0.15, 0.2) is 24.3 Å². The van der Waals surface area contributed by atoms with Crippen LogP contribution in [0, 0.1) is 11.6 Å². The van der Waals surface area contributed by atoms with Crippen LogP contribution >= 0.6 is 0 Å². The maximum atomic E-state index is 17.0. The van der Waals surface area contributed by atoms with Gasteiger partial charge < -0.3 is 29.5 Å². The summed E-state index contributed by atoms with van der Waals surface area (Å²) in [6, 6.07) is 3.50. The highest BCUT2D eigenvalue weighted by molar-refractivity contribution is 6.04. The standard InChI is InChI=1S/C33H32F6N6O4/c1-2-21-22-14-47-30-24-27(25(36)26(41-30)19-11-18(46)10-16-4-5-20(35)28(23(16)19)49-33(37,38)39)42-31(43-29(24)45(22)9-7-40-21)48-15-32-6-3-8-44(32)13-17(34)12-32/h4-5,10-11,17,21-22,40,46H,2-3,6-9,12-15H2,1H3/t17-,21+,22-,32+/m1/s1. The lowest BCUT2D eigenvalue weighted by Gasteiger charge is -2.41. The van der Waals surface area contributed by atoms with Crippen molar-refractivity contribution in [3.63, 3.8) is 0 Å². The molecule has 0 amide bonds. The second-order valence-electron chi connectivity index (χ2n) is 13.1. The minimum absolute atomic E-state index is 0.0345. The van der Waals surface area contributed by atoms with Gasteiger partial charge >= 0.3 is 12.4 Å². The van der Waals surface area contributed by atoms with Gasteiger partial charge in [0.2, 0.25) is 5.88 Å². The fourth-order valence-electron chi connectivity index (χ4n) is 8.04. The topological polar surface area (TPSA) is 105 Å². The number of phenols is 1. The van der Waals surface area contributed by atoms with E-state index in [1.54, 1.807) is 0 Å². The molecule has 4 atom stereocenters. The average molecular weight is 691 g/mol. The molecule has 2 aromatic carbocycles. The van der Waals surface area contributed by atoms with E-state index in [2.05, 4.69) is 24.9 Å². The number of alkyl halides is 4. The van der Waals surface area contributed by atoms with Crippen LogP contribution in [0.1, 0.15) is 32.6 Å². The molecule has 4 aliphatic rings. The first-order valence-corrected chi connectivity index (χ1v) is 16.2. The van der Waals surface area contributed by atoms with E-state index in [0.717, 1.165) is 50.1 Å². The Hall–Kier alpha value is -4.31. The monoisotopic (exact) mass is 690 g/mol. The molecule has 4 aromatic rings. The Bertz CT molecular complexity index is 1970. The van der Waals surface area contributed by atoms with E-state index in [1.807, 2.05) is 11.8 Å². The number of hydrogen-bond acceptors (Lipinski definition) is 10. The number of nitrogens with zero attached hydrogens (tertiary/aromatic N) is 5. The zero-order valence-corrected chi connectivity index (χ0v) is 26.3. The minimum Gasteiger partial charge on any atom is -0.508 e. The van der Waals surface area contributed by atoms with Crippen molar-refractivity contribution in [1.29, 1.82) is 0 Å². The number of fused-ring (bicyclic) bond motifs is 4. The quantitative estimate of drug-likeness (QED) is 0.248. The van der Waals surface area contributed by atoms with Gasteiger partial charge in [0, 0.05) is 43.0 Å². The van der Waals surface area contributed by atoms with Crippen LogP contribution < -0.4 is 24.4 Å². The van der Waals surface area contributed by atoms with Gasteiger partial charge in [0.05, 0.1) is 11.6 Å². The van der Waals surface area contributed by atoms with Crippen molar-refractivity contribution >= 4 is 27.5 Å². The summed E-state index contributed by atoms with van der Waals surface area (Å²) >= 11 is 0. The lowest BCUT2D eigenvalue weighted by molar-refractivity contribution is -0.275. The van der Waals surface area contributed by atoms with Crippen molar-refractivity contribution in [3.8, 4) is 34.6 Å². The van der Waals surface area contributed by atoms with Crippen LogP contribution in [0.5, 0.6) is 23.4 Å². The van der Waals surface area contributed by atoms with E-state index < -0.39 is 52.3 Å². The van der Waals surface area contributed by atoms with E-state index in [9.17, 15) is 27.1 Å². The van der Waals surface area contributed by atoms with Crippen molar-refractivity contribution in [3.05, 3.63) is 35.9 Å². The molecule has 4 aliphatic heterocycles. The number of phenolic OH excluding ortho intramolecular Hbond substituents is 1. The van der Waals surface area contributed by atoms with Crippen LogP contribution in [0.3, 0.4) is 0 Å². The summed E-state index contributed by atoms with van der Waals surface area (Å²) in [5.41, 5.74) is -1.79. The van der Waals surface area contributed by atoms with Crippen molar-refractivity contribution in [2.45, 2.75) is 62.8 Å². The summed E-state index contributed by atoms with van der Waals surface area (Å²) in [7, 11) is 0. The molecule has 2 aromatic heterocycles. The third-order valence-electron chi connectivity index (χ3n) is 10.1. The molecule has 260 valence electrons. The molecule has 3 fully saturated rings. The number of anilines is 1. The van der Waals surface area contributed by atoms with Gasteiger partial charge in [0.1, 0.15) is 47.5 Å². The smallest absolute Gasteiger partial charge is 0.508 e. The van der Waals surface area contributed by atoms with E-state index in [0.29, 0.717) is 25.5 Å². The van der Waals surface area contributed by atoms with Crippen molar-refractivity contribution in [1.82, 2.24) is 25.2 Å². The number of pyridine rings is 1. The lowest BCUT2D eigenvalue weighted by atomic mass is 9.95. The van der Waals surface area contributed by atoms with E-state index in [4.69, 9.17) is 14.5 Å². The predicted molar refractivity (Wildman–Crippen MR) is 166 cm³/mol. The molecule has 0 radical (unpaired) electrons. The number of benzene rings is 2. The Morgan fingerprint density at radius 2 is 1.96 bits per heavy atom. The number of halogens is 6. The Morgan fingerprint density at radius 3 is 2.76 bits per heavy atom. The van der Waals surface area contributed by atoms with Crippen LogP contribution in [-0.4, -0.2) is 94.5 Å². The van der Waals surface area contributed by atoms with E-state index >= 15 is 4.39 Å². The summed E-state index contributed by atoms with van der Waals surface area (Å²) in [5.74, 6) is -3.89. The number of nitrogens with one attached hydrogen (secondary N) is 1. The first kappa shape index (κ1) is 31.9. The van der Waals surface area contributed by atoms with Crippen LogP contribution in [0.25, 0.3) is 32.9 Å². The van der Waals surface area contributed by atoms with Gasteiger partial charge in [-0.05, 0) is 49.4 Å². The molecule has 2 N–H and O–H groups in total. The van der Waals surface area contributed by atoms with Crippen LogP contribution in [0.2, 0.25) is 0 Å². The number of hydrogen-bond donors (Lipinski definition) is 2. The predicted octanol–water partition coefficient (Wildman–Crippen LogP) is 5.63. The molecule has 0 bridgehead atoms. The van der Waals surface area contributed by atoms with Gasteiger partial charge in [0.25, 0.3) is 0 Å². The number of aromatic nitrogens is 3. The van der Waals surface area contributed by atoms with Crippen LogP contribution in [-0.2, 0) is 0 Å². The molecule has 0 unspecified atom stereocenters. The van der Waals surface area contributed by atoms with Crippen LogP contribution in [0.4, 0.5) is 32.2 Å². The Labute approximate surface area is 276 Å². The van der Waals surface area contributed by atoms with Gasteiger partial charge in [-0.2, -0.15) is 9.97 Å². The largest absolute Gasteiger partial charge is 0.573 e. The molecule has 0 spiro atoms. The highest BCUT2D eigenvalue weighted by atomic mass is 19.4. The molecule has 0 aliphatic carbocycles. The second-order valence-corrected chi connectivity index (χ2v) is 13.1. The molecule has 16 heteroatoms. The third-order valence-corrected chi connectivity index (χ3v) is 10.1. The Kier molecular flexibility index (Phi) is 7.59. The van der Waals surface area contributed by atoms with Gasteiger partial charge in [0.15, 0.2) is 17.4 Å². The van der Waals surface area contributed by atoms with Crippen molar-refractivity contribution in [2.24, 2.45) is 0 Å². The molecule has 49 heavy (non-hydrogen) atoms. The van der Waals surface area contributed by atoms with Gasteiger partial charge in [-0.1, -0.05) is 13.0 Å². The van der Waals surface area contributed by atoms with E-state index in [1.165, 1.54) is 0 Å². The first-order chi connectivity index (χ1) is 23.4. The lowest BCUT2D eigenvalue weighted by Crippen LogP contribution is -2.60. The summed E-state index contributed by atoms with van der Waals surface area (Å²) in [6.07, 6.45) is -3.67. The summed E-state index contributed by atoms with van der Waals surface area (Å²) in [6.45, 7) is 4.29. The highest BCUT2D eigenvalue weighted by Gasteiger charge is 2.49. The van der Waals surface area contributed by atoms with Gasteiger partial charge in [-0.3, -0.25) is 4.90 Å². The highest BCUT2D eigenvalue weighted by Crippen LogP contribution is 2.46. The molecular formula is C33H32F6N6O4. The summed E-state index contributed by atoms with van der Waals surface area (Å²) < 4.78 is 103. The fourth-order valence-corrected chi connectivity index (χ4v) is 8.04.